The van der Waals surface area contributed by atoms with Crippen molar-refractivity contribution in [2.24, 2.45) is 39.1 Å². The Morgan fingerprint density at radius 3 is 2.72 bits per heavy atom. The quantitative estimate of drug-likeness (QED) is 0.323. The standard InChI is InChI=1S/C22H34N3O4/c1-6-20(4)11-16(29-17(27)12-24-25-23)21(5)13(2)7-9-22(14(3)19(20)28)10-8-15(26)18(21)22/h6,13-14,16,18-19,23,28H,1,7-12H2,2-5H3/q+1/t13-,14+,16-,18+,19+,20-,21+,22+/m1/s1. The SMILES string of the molecule is C=C[C@]1(C)C[C@@H](OC(=O)CN=[N+]=N)[C@]2(C)[C@H](C)CC[C@]3(CCC(=O)[C@H]32)[C@@H](C)[C@@H]1O. The van der Waals surface area contributed by atoms with Gasteiger partial charge >= 0.3 is 5.97 Å². The van der Waals surface area contributed by atoms with E-state index in [4.69, 9.17) is 10.3 Å². The molecule has 0 aromatic carbocycles. The van der Waals surface area contributed by atoms with E-state index < -0.39 is 29.0 Å². The number of carbonyl (C=O) groups is 2. The maximum Gasteiger partial charge on any atom is 0.335 e. The number of Topliss-reactive ketones (excluding diaryl/α,β-unsaturated/α-hetero) is 1. The van der Waals surface area contributed by atoms with Gasteiger partial charge in [-0.2, -0.15) is 0 Å². The Labute approximate surface area is 172 Å². The highest BCUT2D eigenvalue weighted by atomic mass is 16.5. The van der Waals surface area contributed by atoms with Crippen LogP contribution >= 0.6 is 0 Å². The summed E-state index contributed by atoms with van der Waals surface area (Å²) in [6.45, 7) is 11.9. The normalized spacial score (nSPS) is 46.7. The number of rotatable bonds is 4. The molecule has 3 saturated carbocycles. The van der Waals surface area contributed by atoms with Gasteiger partial charge in [0.2, 0.25) is 11.5 Å². The van der Waals surface area contributed by atoms with E-state index in [0.29, 0.717) is 12.8 Å². The maximum atomic E-state index is 13.2. The second-order valence-electron chi connectivity index (χ2n) is 9.96. The van der Waals surface area contributed by atoms with E-state index >= 15 is 0 Å². The Bertz CT molecular complexity index is 763. The Morgan fingerprint density at radius 2 is 2.10 bits per heavy atom. The number of hydrogen-bond donors (Lipinski definition) is 2. The summed E-state index contributed by atoms with van der Waals surface area (Å²) in [6.07, 6.45) is 4.06. The van der Waals surface area contributed by atoms with Crippen LogP contribution in [0.5, 0.6) is 0 Å². The van der Waals surface area contributed by atoms with Crippen LogP contribution in [-0.2, 0) is 14.3 Å². The van der Waals surface area contributed by atoms with Gasteiger partial charge in [0.1, 0.15) is 22.5 Å². The molecule has 0 saturated heterocycles. The molecule has 2 N–H and O–H groups in total. The van der Waals surface area contributed by atoms with Gasteiger partial charge in [-0.3, -0.25) is 4.79 Å². The molecule has 0 radical (unpaired) electrons. The van der Waals surface area contributed by atoms with E-state index in [-0.39, 0.29) is 35.5 Å². The van der Waals surface area contributed by atoms with Crippen LogP contribution in [0.3, 0.4) is 0 Å². The molecule has 0 aliphatic heterocycles. The highest BCUT2D eigenvalue weighted by molar-refractivity contribution is 5.85. The Balaban J connectivity index is 2.16. The summed E-state index contributed by atoms with van der Waals surface area (Å²) in [5, 5.41) is 14.8. The number of carbonyl (C=O) groups excluding carboxylic acids is 2. The zero-order valence-electron chi connectivity index (χ0n) is 18.0. The van der Waals surface area contributed by atoms with Gasteiger partial charge in [-0.15, -0.1) is 6.58 Å². The van der Waals surface area contributed by atoms with Gasteiger partial charge < -0.3 is 9.84 Å². The van der Waals surface area contributed by atoms with E-state index in [1.54, 1.807) is 6.08 Å². The number of nitrogens with zero attached hydrogens (tertiary/aromatic N) is 2. The molecule has 2 bridgehead atoms. The molecule has 7 heteroatoms. The average molecular weight is 405 g/mol. The second kappa shape index (κ2) is 7.44. The first-order chi connectivity index (χ1) is 13.6. The smallest absolute Gasteiger partial charge is 0.335 e. The monoisotopic (exact) mass is 404 g/mol. The number of aliphatic hydroxyl groups excluding tert-OH is 1. The Kier molecular flexibility index (Phi) is 5.61. The van der Waals surface area contributed by atoms with Crippen molar-refractivity contribution in [1.29, 1.82) is 5.53 Å². The molecule has 0 aromatic rings. The third-order valence-electron chi connectivity index (χ3n) is 8.85. The molecule has 3 aliphatic rings. The molecule has 0 aromatic heterocycles. The van der Waals surface area contributed by atoms with Crippen molar-refractivity contribution in [3.63, 3.8) is 0 Å². The fourth-order valence-electron chi connectivity index (χ4n) is 6.79. The molecule has 3 fully saturated rings. The molecule has 3 aliphatic carbocycles. The maximum absolute atomic E-state index is 13.2. The summed E-state index contributed by atoms with van der Waals surface area (Å²) >= 11 is 0. The van der Waals surface area contributed by atoms with Gasteiger partial charge in [-0.1, -0.05) is 33.8 Å². The largest absolute Gasteiger partial charge is 0.460 e. The van der Waals surface area contributed by atoms with Crippen LogP contribution in [0.2, 0.25) is 0 Å². The molecule has 0 amide bonds. The number of hydrogen-bond acceptors (Lipinski definition) is 6. The van der Waals surface area contributed by atoms with Crippen LogP contribution < -0.4 is 4.91 Å². The molecule has 29 heavy (non-hydrogen) atoms. The van der Waals surface area contributed by atoms with Crippen LogP contribution in [0, 0.1) is 39.5 Å². The number of ketones is 1. The Morgan fingerprint density at radius 1 is 1.41 bits per heavy atom. The van der Waals surface area contributed by atoms with Crippen LogP contribution in [0.25, 0.3) is 0 Å². The lowest BCUT2D eigenvalue weighted by Crippen LogP contribution is -2.63. The van der Waals surface area contributed by atoms with Gasteiger partial charge in [-0.25, -0.2) is 4.79 Å². The first-order valence-corrected chi connectivity index (χ1v) is 10.6. The van der Waals surface area contributed by atoms with Gasteiger partial charge in [0.25, 0.3) is 0 Å². The lowest BCUT2D eigenvalue weighted by Gasteiger charge is -2.61. The zero-order chi connectivity index (χ0) is 21.6. The second-order valence-corrected chi connectivity index (χ2v) is 9.96. The molecular weight excluding hydrogens is 370 g/mol. The summed E-state index contributed by atoms with van der Waals surface area (Å²) in [5.41, 5.74) is 5.32. The summed E-state index contributed by atoms with van der Waals surface area (Å²) in [5.74, 6) is -0.437. The van der Waals surface area contributed by atoms with Crippen LogP contribution in [0.15, 0.2) is 17.8 Å². The third kappa shape index (κ3) is 3.10. The van der Waals surface area contributed by atoms with Gasteiger partial charge in [0.05, 0.1) is 6.10 Å². The highest BCUT2D eigenvalue weighted by Gasteiger charge is 2.68. The molecular formula is C22H34N3O4+. The molecule has 0 spiro atoms. The van der Waals surface area contributed by atoms with Crippen molar-refractivity contribution >= 4 is 11.8 Å². The van der Waals surface area contributed by atoms with Crippen molar-refractivity contribution in [3.8, 4) is 0 Å². The van der Waals surface area contributed by atoms with Gasteiger partial charge in [0.15, 0.2) is 0 Å². The van der Waals surface area contributed by atoms with Crippen molar-refractivity contribution in [2.45, 2.75) is 72.0 Å². The minimum absolute atomic E-state index is 0.0532. The van der Waals surface area contributed by atoms with Crippen LogP contribution in [0.1, 0.15) is 59.8 Å². The first-order valence-electron chi connectivity index (χ1n) is 10.6. The third-order valence-corrected chi connectivity index (χ3v) is 8.85. The molecule has 160 valence electrons. The van der Waals surface area contributed by atoms with E-state index in [2.05, 4.69) is 37.4 Å². The predicted octanol–water partition coefficient (Wildman–Crippen LogP) is 3.44. The van der Waals surface area contributed by atoms with E-state index in [0.717, 1.165) is 19.3 Å². The van der Waals surface area contributed by atoms with Crippen molar-refractivity contribution in [3.05, 3.63) is 12.7 Å². The number of nitrogens with one attached hydrogen (secondary N) is 1. The van der Waals surface area contributed by atoms with E-state index in [1.807, 2.05) is 6.92 Å². The summed E-state index contributed by atoms with van der Waals surface area (Å²) < 4.78 is 5.94. The Hall–Kier alpha value is -1.85. The number of esters is 1. The minimum atomic E-state index is -0.680. The molecule has 0 heterocycles. The fourth-order valence-corrected chi connectivity index (χ4v) is 6.79. The highest BCUT2D eigenvalue weighted by Crippen LogP contribution is 2.67. The predicted molar refractivity (Wildman–Crippen MR) is 107 cm³/mol. The molecule has 0 unspecified atom stereocenters. The van der Waals surface area contributed by atoms with E-state index in [1.165, 1.54) is 0 Å². The average Bonchev–Trinajstić information content (AvgIpc) is 3.05. The zero-order valence-corrected chi connectivity index (χ0v) is 18.0. The van der Waals surface area contributed by atoms with E-state index in [9.17, 15) is 14.7 Å². The summed E-state index contributed by atoms with van der Waals surface area (Å²) in [4.78, 5) is 28.6. The van der Waals surface area contributed by atoms with Crippen molar-refractivity contribution in [2.75, 3.05) is 6.54 Å². The molecule has 8 atom stereocenters. The number of ether oxygens (including phenoxy) is 1. The topological polar surface area (TPSA) is 114 Å². The lowest BCUT2D eigenvalue weighted by molar-refractivity contribution is -0.206. The first kappa shape index (κ1) is 21.8. The van der Waals surface area contributed by atoms with Crippen molar-refractivity contribution in [1.82, 2.24) is 4.91 Å². The molecule has 7 nitrogen and oxygen atoms in total. The van der Waals surface area contributed by atoms with Crippen LogP contribution in [0.4, 0.5) is 0 Å². The lowest BCUT2D eigenvalue weighted by atomic mass is 9.44. The van der Waals surface area contributed by atoms with Crippen molar-refractivity contribution < 1.29 is 19.4 Å². The summed E-state index contributed by atoms with van der Waals surface area (Å²) in [6, 6.07) is 0. The fraction of sp³-hybridized carbons (Fsp3) is 0.818. The summed E-state index contributed by atoms with van der Waals surface area (Å²) in [7, 11) is 0. The number of aliphatic hydroxyl groups is 1. The minimum Gasteiger partial charge on any atom is -0.460 e. The van der Waals surface area contributed by atoms with Crippen LogP contribution in [-0.4, -0.2) is 35.6 Å². The van der Waals surface area contributed by atoms with Gasteiger partial charge in [0, 0.05) is 23.2 Å². The van der Waals surface area contributed by atoms with Gasteiger partial charge in [-0.05, 0) is 42.9 Å². The molecule has 3 rings (SSSR count).